The van der Waals surface area contributed by atoms with E-state index < -0.39 is 0 Å². The van der Waals surface area contributed by atoms with Crippen molar-refractivity contribution >= 4 is 5.91 Å². The Morgan fingerprint density at radius 3 is 2.70 bits per heavy atom. The van der Waals surface area contributed by atoms with Crippen molar-refractivity contribution in [2.75, 3.05) is 7.05 Å². The molecule has 110 valence electrons. The van der Waals surface area contributed by atoms with Crippen LogP contribution in [0.3, 0.4) is 0 Å². The van der Waals surface area contributed by atoms with Gasteiger partial charge in [0.25, 0.3) is 5.91 Å². The lowest BCUT2D eigenvalue weighted by molar-refractivity contribution is 0.0696. The largest absolute Gasteiger partial charge is 0.339 e. The molecule has 20 heavy (non-hydrogen) atoms. The van der Waals surface area contributed by atoms with Crippen molar-refractivity contribution < 1.29 is 4.79 Å². The first-order chi connectivity index (χ1) is 9.63. The maximum Gasteiger partial charge on any atom is 0.253 e. The number of carbonyl (C=O) groups is 1. The van der Waals surface area contributed by atoms with E-state index in [1.165, 1.54) is 19.3 Å². The van der Waals surface area contributed by atoms with E-state index >= 15 is 0 Å². The summed E-state index contributed by atoms with van der Waals surface area (Å²) >= 11 is 0. The lowest BCUT2D eigenvalue weighted by Crippen LogP contribution is -2.38. The minimum atomic E-state index is 0.0164. The predicted octanol–water partition coefficient (Wildman–Crippen LogP) is 3.50. The molecule has 1 aliphatic rings. The second-order valence-corrected chi connectivity index (χ2v) is 5.85. The fourth-order valence-electron chi connectivity index (χ4n) is 2.98. The smallest absolute Gasteiger partial charge is 0.253 e. The van der Waals surface area contributed by atoms with Crippen LogP contribution >= 0.6 is 0 Å². The Balaban J connectivity index is 2.11. The maximum absolute atomic E-state index is 12.6. The first-order valence-corrected chi connectivity index (χ1v) is 7.76. The molecule has 0 saturated heterocycles. The average molecular weight is 274 g/mol. The van der Waals surface area contributed by atoms with E-state index in [1.54, 1.807) is 0 Å². The van der Waals surface area contributed by atoms with Crippen LogP contribution in [-0.4, -0.2) is 23.9 Å². The lowest BCUT2D eigenvalue weighted by Gasteiger charge is -2.31. The van der Waals surface area contributed by atoms with Gasteiger partial charge in [-0.05, 0) is 37.0 Å². The van der Waals surface area contributed by atoms with Gasteiger partial charge in [0.2, 0.25) is 0 Å². The van der Waals surface area contributed by atoms with E-state index in [0.29, 0.717) is 6.04 Å². The van der Waals surface area contributed by atoms with Crippen molar-refractivity contribution in [2.45, 2.75) is 57.5 Å². The van der Waals surface area contributed by atoms with Crippen molar-refractivity contribution in [1.29, 1.82) is 0 Å². The van der Waals surface area contributed by atoms with Crippen LogP contribution in [0.4, 0.5) is 0 Å². The quantitative estimate of drug-likeness (QED) is 0.913. The van der Waals surface area contributed by atoms with Crippen LogP contribution < -0.4 is 5.73 Å². The standard InChI is InChI=1S/C17H26N2O/c1-3-16(18)13-8-7-9-14(12-13)17(20)19(2)15-10-5-4-6-11-15/h7-9,12,15-16H,3-6,10-11,18H2,1-2H3. The van der Waals surface area contributed by atoms with Crippen LogP contribution in [0.1, 0.15) is 67.4 Å². The van der Waals surface area contributed by atoms with Gasteiger partial charge in [-0.1, -0.05) is 38.3 Å². The summed E-state index contributed by atoms with van der Waals surface area (Å²) in [5.74, 6) is 0.127. The summed E-state index contributed by atoms with van der Waals surface area (Å²) in [6.45, 7) is 2.06. The molecule has 1 aromatic carbocycles. The molecule has 1 fully saturated rings. The maximum atomic E-state index is 12.6. The second-order valence-electron chi connectivity index (χ2n) is 5.85. The molecular weight excluding hydrogens is 248 g/mol. The monoisotopic (exact) mass is 274 g/mol. The van der Waals surface area contributed by atoms with E-state index in [1.807, 2.05) is 36.2 Å². The zero-order valence-electron chi connectivity index (χ0n) is 12.6. The molecular formula is C17H26N2O. The zero-order chi connectivity index (χ0) is 14.5. The highest BCUT2D eigenvalue weighted by Crippen LogP contribution is 2.23. The van der Waals surface area contributed by atoms with Crippen LogP contribution in [-0.2, 0) is 0 Å². The van der Waals surface area contributed by atoms with Gasteiger partial charge < -0.3 is 10.6 Å². The summed E-state index contributed by atoms with van der Waals surface area (Å²) in [5.41, 5.74) is 7.87. The van der Waals surface area contributed by atoms with Crippen molar-refractivity contribution in [3.05, 3.63) is 35.4 Å². The molecule has 3 nitrogen and oxygen atoms in total. The summed E-state index contributed by atoms with van der Waals surface area (Å²) in [5, 5.41) is 0. The number of nitrogens with two attached hydrogens (primary N) is 1. The van der Waals surface area contributed by atoms with E-state index in [4.69, 9.17) is 5.73 Å². The molecule has 1 saturated carbocycles. The van der Waals surface area contributed by atoms with Gasteiger partial charge in [0.15, 0.2) is 0 Å². The highest BCUT2D eigenvalue weighted by molar-refractivity contribution is 5.94. The third kappa shape index (κ3) is 3.40. The van der Waals surface area contributed by atoms with Crippen LogP contribution in [0, 0.1) is 0 Å². The Morgan fingerprint density at radius 1 is 1.35 bits per heavy atom. The molecule has 2 N–H and O–H groups in total. The van der Waals surface area contributed by atoms with Crippen molar-refractivity contribution in [2.24, 2.45) is 5.73 Å². The van der Waals surface area contributed by atoms with Gasteiger partial charge in [-0.25, -0.2) is 0 Å². The Labute approximate surface area is 122 Å². The van der Waals surface area contributed by atoms with Crippen LogP contribution in [0.15, 0.2) is 24.3 Å². The molecule has 1 aliphatic carbocycles. The topological polar surface area (TPSA) is 46.3 Å². The molecule has 3 heteroatoms. The molecule has 0 radical (unpaired) electrons. The van der Waals surface area contributed by atoms with Gasteiger partial charge in [-0.3, -0.25) is 4.79 Å². The summed E-state index contributed by atoms with van der Waals surface area (Å²) in [6, 6.07) is 8.21. The van der Waals surface area contributed by atoms with Gasteiger partial charge in [-0.2, -0.15) is 0 Å². The number of benzene rings is 1. The first kappa shape index (κ1) is 15.0. The number of rotatable bonds is 4. The molecule has 0 heterocycles. The summed E-state index contributed by atoms with van der Waals surface area (Å²) in [4.78, 5) is 14.5. The Hall–Kier alpha value is -1.35. The summed E-state index contributed by atoms with van der Waals surface area (Å²) in [7, 11) is 1.94. The predicted molar refractivity (Wildman–Crippen MR) is 82.6 cm³/mol. The molecule has 0 aromatic heterocycles. The fourth-order valence-corrected chi connectivity index (χ4v) is 2.98. The van der Waals surface area contributed by atoms with Crippen LogP contribution in [0.2, 0.25) is 0 Å². The Kier molecular flexibility index (Phi) is 5.18. The van der Waals surface area contributed by atoms with Gasteiger partial charge in [0, 0.05) is 24.7 Å². The van der Waals surface area contributed by atoms with E-state index in [0.717, 1.165) is 30.4 Å². The summed E-state index contributed by atoms with van der Waals surface area (Å²) in [6.07, 6.45) is 6.94. The van der Waals surface area contributed by atoms with Gasteiger partial charge in [-0.15, -0.1) is 0 Å². The van der Waals surface area contributed by atoms with E-state index in [2.05, 4.69) is 6.92 Å². The zero-order valence-corrected chi connectivity index (χ0v) is 12.6. The Bertz CT molecular complexity index is 452. The van der Waals surface area contributed by atoms with E-state index in [9.17, 15) is 4.79 Å². The van der Waals surface area contributed by atoms with Gasteiger partial charge in [0.05, 0.1) is 0 Å². The van der Waals surface area contributed by atoms with Gasteiger partial charge in [0.1, 0.15) is 0 Å². The second kappa shape index (κ2) is 6.89. The number of hydrogen-bond acceptors (Lipinski definition) is 2. The number of carbonyl (C=O) groups excluding carboxylic acids is 1. The fraction of sp³-hybridized carbons (Fsp3) is 0.588. The average Bonchev–Trinajstić information content (AvgIpc) is 2.53. The molecule has 1 aromatic rings. The minimum Gasteiger partial charge on any atom is -0.339 e. The third-order valence-electron chi connectivity index (χ3n) is 4.44. The molecule has 0 bridgehead atoms. The first-order valence-electron chi connectivity index (χ1n) is 7.76. The van der Waals surface area contributed by atoms with Gasteiger partial charge >= 0.3 is 0 Å². The SMILES string of the molecule is CCC(N)c1cccc(C(=O)N(C)C2CCCCC2)c1. The highest BCUT2D eigenvalue weighted by Gasteiger charge is 2.23. The number of nitrogens with zero attached hydrogens (tertiary/aromatic N) is 1. The van der Waals surface area contributed by atoms with Crippen molar-refractivity contribution in [3.63, 3.8) is 0 Å². The minimum absolute atomic E-state index is 0.0164. The normalized spacial score (nSPS) is 17.8. The lowest BCUT2D eigenvalue weighted by atomic mass is 9.94. The number of hydrogen-bond donors (Lipinski definition) is 1. The summed E-state index contributed by atoms with van der Waals surface area (Å²) < 4.78 is 0. The van der Waals surface area contributed by atoms with Crippen molar-refractivity contribution in [3.8, 4) is 0 Å². The van der Waals surface area contributed by atoms with Crippen LogP contribution in [0.25, 0.3) is 0 Å². The third-order valence-corrected chi connectivity index (χ3v) is 4.44. The van der Waals surface area contributed by atoms with Crippen LogP contribution in [0.5, 0.6) is 0 Å². The molecule has 1 unspecified atom stereocenters. The molecule has 2 rings (SSSR count). The Morgan fingerprint density at radius 2 is 2.05 bits per heavy atom. The van der Waals surface area contributed by atoms with Crippen molar-refractivity contribution in [1.82, 2.24) is 4.90 Å². The molecule has 0 spiro atoms. The highest BCUT2D eigenvalue weighted by atomic mass is 16.2. The molecule has 1 atom stereocenters. The molecule has 0 aliphatic heterocycles. The number of amides is 1. The van der Waals surface area contributed by atoms with E-state index in [-0.39, 0.29) is 11.9 Å². The molecule has 1 amide bonds.